The number of hydrogen-bond acceptors (Lipinski definition) is 2. The van der Waals surface area contributed by atoms with Gasteiger partial charge in [0.25, 0.3) is 0 Å². The molecule has 1 heterocycles. The first-order chi connectivity index (χ1) is 4.72. The van der Waals surface area contributed by atoms with Crippen LogP contribution in [-0.2, 0) is 0 Å². The van der Waals surface area contributed by atoms with E-state index in [4.69, 9.17) is 5.11 Å². The number of nitrogens with zero attached hydrogens (tertiary/aromatic N) is 1. The molecule has 1 fully saturated rings. The molecule has 1 rings (SSSR count). The van der Waals surface area contributed by atoms with Gasteiger partial charge in [-0.05, 0) is 5.92 Å². The number of likely N-dealkylation sites (tertiary alicyclic amines) is 1. The van der Waals surface area contributed by atoms with Crippen molar-refractivity contribution in [1.82, 2.24) is 4.90 Å². The van der Waals surface area contributed by atoms with Crippen LogP contribution < -0.4 is 0 Å². The van der Waals surface area contributed by atoms with Crippen molar-refractivity contribution < 1.29 is 5.11 Å². The van der Waals surface area contributed by atoms with Crippen LogP contribution in [0.4, 0.5) is 0 Å². The third-order valence-corrected chi connectivity index (χ3v) is 2.20. The number of β-amino-alcohol motifs (C(OH)–C–C–N with tert-alkyl or cyclic N) is 1. The largest absolute Gasteiger partial charge is 0.390 e. The molecule has 1 unspecified atom stereocenters. The summed E-state index contributed by atoms with van der Waals surface area (Å²) in [6, 6.07) is 0. The van der Waals surface area contributed by atoms with Gasteiger partial charge >= 0.3 is 0 Å². The van der Waals surface area contributed by atoms with Crippen LogP contribution in [0.1, 0.15) is 20.3 Å². The van der Waals surface area contributed by atoms with Crippen LogP contribution in [0.25, 0.3) is 0 Å². The van der Waals surface area contributed by atoms with Gasteiger partial charge < -0.3 is 5.11 Å². The highest BCUT2D eigenvalue weighted by molar-refractivity contribution is 4.79. The van der Waals surface area contributed by atoms with E-state index in [0.717, 1.165) is 25.6 Å². The number of aliphatic hydroxyl groups excluding tert-OH is 1. The molecule has 0 radical (unpaired) electrons. The van der Waals surface area contributed by atoms with Crippen LogP contribution in [0.3, 0.4) is 0 Å². The van der Waals surface area contributed by atoms with E-state index in [1.807, 2.05) is 0 Å². The van der Waals surface area contributed by atoms with Gasteiger partial charge in [0.2, 0.25) is 0 Å². The fourth-order valence-corrected chi connectivity index (χ4v) is 1.26. The molecular weight excluding hydrogens is 126 g/mol. The molecule has 0 aliphatic carbocycles. The molecule has 1 aliphatic rings. The average Bonchev–Trinajstić information content (AvgIpc) is 1.84. The summed E-state index contributed by atoms with van der Waals surface area (Å²) in [7, 11) is 0. The highest BCUT2D eigenvalue weighted by atomic mass is 16.3. The minimum absolute atomic E-state index is 0.0379. The first-order valence-corrected chi connectivity index (χ1v) is 4.12. The van der Waals surface area contributed by atoms with E-state index in [-0.39, 0.29) is 6.10 Å². The lowest BCUT2D eigenvalue weighted by molar-refractivity contribution is -0.00540. The molecule has 1 atom stereocenters. The molecule has 1 N–H and O–H groups in total. The van der Waals surface area contributed by atoms with E-state index in [2.05, 4.69) is 18.7 Å². The average molecular weight is 143 g/mol. The van der Waals surface area contributed by atoms with Gasteiger partial charge in [-0.15, -0.1) is 0 Å². The Kier molecular flexibility index (Phi) is 2.69. The summed E-state index contributed by atoms with van der Waals surface area (Å²) in [6.07, 6.45) is 1.20. The molecule has 0 amide bonds. The highest BCUT2D eigenvalue weighted by Gasteiger charge is 2.24. The molecule has 10 heavy (non-hydrogen) atoms. The second-order valence-corrected chi connectivity index (χ2v) is 3.39. The van der Waals surface area contributed by atoms with Crippen molar-refractivity contribution in [2.24, 2.45) is 5.92 Å². The minimum Gasteiger partial charge on any atom is -0.390 e. The minimum atomic E-state index is -0.0379. The SMILES string of the molecule is CCC(C)CN1CC(O)C1. The Bertz CT molecular complexity index is 99.4. The van der Waals surface area contributed by atoms with Crippen molar-refractivity contribution in [2.75, 3.05) is 19.6 Å². The molecular formula is C8H17NO. The summed E-state index contributed by atoms with van der Waals surface area (Å²) >= 11 is 0. The highest BCUT2D eigenvalue weighted by Crippen LogP contribution is 2.11. The van der Waals surface area contributed by atoms with Crippen LogP contribution in [-0.4, -0.2) is 35.7 Å². The van der Waals surface area contributed by atoms with Crippen molar-refractivity contribution in [3.63, 3.8) is 0 Å². The van der Waals surface area contributed by atoms with E-state index in [1.165, 1.54) is 6.42 Å². The molecule has 0 aromatic rings. The van der Waals surface area contributed by atoms with Crippen molar-refractivity contribution in [3.05, 3.63) is 0 Å². The molecule has 0 bridgehead atoms. The van der Waals surface area contributed by atoms with Crippen LogP contribution in [0.15, 0.2) is 0 Å². The van der Waals surface area contributed by atoms with E-state index in [9.17, 15) is 0 Å². The Morgan fingerprint density at radius 3 is 2.60 bits per heavy atom. The summed E-state index contributed by atoms with van der Waals surface area (Å²) in [5.74, 6) is 0.785. The molecule has 0 saturated carbocycles. The molecule has 2 nitrogen and oxygen atoms in total. The number of rotatable bonds is 3. The maximum atomic E-state index is 8.96. The maximum Gasteiger partial charge on any atom is 0.0793 e. The third-order valence-electron chi connectivity index (χ3n) is 2.20. The molecule has 0 aromatic heterocycles. The monoisotopic (exact) mass is 143 g/mol. The Balaban J connectivity index is 2.04. The second-order valence-electron chi connectivity index (χ2n) is 3.39. The lowest BCUT2D eigenvalue weighted by Crippen LogP contribution is -2.51. The van der Waals surface area contributed by atoms with Crippen molar-refractivity contribution in [2.45, 2.75) is 26.4 Å². The van der Waals surface area contributed by atoms with Gasteiger partial charge in [0.1, 0.15) is 0 Å². The lowest BCUT2D eigenvalue weighted by atomic mass is 10.1. The quantitative estimate of drug-likeness (QED) is 0.629. The summed E-state index contributed by atoms with van der Waals surface area (Å²) in [4.78, 5) is 2.30. The fourth-order valence-electron chi connectivity index (χ4n) is 1.26. The molecule has 1 saturated heterocycles. The summed E-state index contributed by atoms with van der Waals surface area (Å²) in [5.41, 5.74) is 0. The Hall–Kier alpha value is -0.0800. The topological polar surface area (TPSA) is 23.5 Å². The molecule has 0 aromatic carbocycles. The van der Waals surface area contributed by atoms with Gasteiger partial charge in [0.05, 0.1) is 6.10 Å². The van der Waals surface area contributed by atoms with E-state index < -0.39 is 0 Å². The van der Waals surface area contributed by atoms with Gasteiger partial charge in [-0.2, -0.15) is 0 Å². The standard InChI is InChI=1S/C8H17NO/c1-3-7(2)4-9-5-8(10)6-9/h7-8,10H,3-6H2,1-2H3. The van der Waals surface area contributed by atoms with E-state index in [0.29, 0.717) is 0 Å². The van der Waals surface area contributed by atoms with Gasteiger partial charge in [0.15, 0.2) is 0 Å². The normalized spacial score (nSPS) is 24.3. The summed E-state index contributed by atoms with van der Waals surface area (Å²) in [6.45, 7) is 7.41. The smallest absolute Gasteiger partial charge is 0.0793 e. The van der Waals surface area contributed by atoms with Gasteiger partial charge in [-0.3, -0.25) is 4.90 Å². The lowest BCUT2D eigenvalue weighted by Gasteiger charge is -2.37. The molecule has 2 heteroatoms. The van der Waals surface area contributed by atoms with Crippen molar-refractivity contribution in [1.29, 1.82) is 0 Å². The number of hydrogen-bond donors (Lipinski definition) is 1. The Morgan fingerprint density at radius 1 is 1.60 bits per heavy atom. The second kappa shape index (κ2) is 3.35. The van der Waals surface area contributed by atoms with Crippen LogP contribution >= 0.6 is 0 Å². The fraction of sp³-hybridized carbons (Fsp3) is 1.00. The van der Waals surface area contributed by atoms with Crippen molar-refractivity contribution in [3.8, 4) is 0 Å². The van der Waals surface area contributed by atoms with E-state index >= 15 is 0 Å². The zero-order chi connectivity index (χ0) is 7.56. The van der Waals surface area contributed by atoms with Crippen LogP contribution in [0, 0.1) is 5.92 Å². The van der Waals surface area contributed by atoms with Gasteiger partial charge in [-0.1, -0.05) is 20.3 Å². The van der Waals surface area contributed by atoms with Crippen LogP contribution in [0.2, 0.25) is 0 Å². The van der Waals surface area contributed by atoms with Crippen molar-refractivity contribution >= 4 is 0 Å². The Morgan fingerprint density at radius 2 is 2.20 bits per heavy atom. The Labute approximate surface area is 62.8 Å². The third kappa shape index (κ3) is 1.96. The molecule has 1 aliphatic heterocycles. The summed E-state index contributed by atoms with van der Waals surface area (Å²) in [5, 5.41) is 8.96. The van der Waals surface area contributed by atoms with Gasteiger partial charge in [0, 0.05) is 19.6 Å². The predicted octanol–water partition coefficient (Wildman–Crippen LogP) is 0.709. The van der Waals surface area contributed by atoms with Crippen LogP contribution in [0.5, 0.6) is 0 Å². The zero-order valence-electron chi connectivity index (χ0n) is 6.88. The first kappa shape index (κ1) is 8.02. The zero-order valence-corrected chi connectivity index (χ0v) is 6.88. The first-order valence-electron chi connectivity index (χ1n) is 4.12. The maximum absolute atomic E-state index is 8.96. The van der Waals surface area contributed by atoms with E-state index in [1.54, 1.807) is 0 Å². The predicted molar refractivity (Wildman–Crippen MR) is 41.9 cm³/mol. The van der Waals surface area contributed by atoms with Gasteiger partial charge in [-0.25, -0.2) is 0 Å². The number of aliphatic hydroxyl groups is 1. The molecule has 0 spiro atoms. The summed E-state index contributed by atoms with van der Waals surface area (Å²) < 4.78 is 0. The molecule has 60 valence electrons.